The van der Waals surface area contributed by atoms with Crippen LogP contribution in [0.5, 0.6) is 11.5 Å². The Balaban J connectivity index is 1.80. The van der Waals surface area contributed by atoms with E-state index in [1.54, 1.807) is 0 Å². The Bertz CT molecular complexity index is 812. The van der Waals surface area contributed by atoms with Gasteiger partial charge in [-0.1, -0.05) is 75.7 Å². The Morgan fingerprint density at radius 2 is 1.35 bits per heavy atom. The summed E-state index contributed by atoms with van der Waals surface area (Å²) in [7, 11) is 0. The maximum Gasteiger partial charge on any atom is 0.138 e. The van der Waals surface area contributed by atoms with Gasteiger partial charge in [-0.15, -0.1) is 0 Å². The molecule has 0 N–H and O–H groups in total. The summed E-state index contributed by atoms with van der Waals surface area (Å²) in [6.45, 7) is 2.99. The molecule has 2 aromatic carbocycles. The van der Waals surface area contributed by atoms with E-state index >= 15 is 0 Å². The molecule has 0 fully saturated rings. The maximum atomic E-state index is 6.06. The van der Waals surface area contributed by atoms with Crippen molar-refractivity contribution in [1.29, 1.82) is 0 Å². The number of hydrogen-bond acceptors (Lipinski definition) is 2. The standard InChI is InChI=1S/C23H26Br6O2/c1-15-19(26)20(27)21(28)22(29)23(15)31-14-13-30-17-11-8-7-10-16(17)9-5-3-2-4-6-12-18(24)25/h7-8,10-11,18H,2-6,9,12-14H2,1H3. The molecule has 0 unspecified atom stereocenters. The predicted octanol–water partition coefficient (Wildman–Crippen LogP) is 10.5. The molecule has 31 heavy (non-hydrogen) atoms. The molecule has 0 aliphatic rings. The molecule has 8 heteroatoms. The highest BCUT2D eigenvalue weighted by atomic mass is 79.9. The summed E-state index contributed by atoms with van der Waals surface area (Å²) in [4.78, 5) is 0. The third kappa shape index (κ3) is 9.23. The van der Waals surface area contributed by atoms with Gasteiger partial charge in [-0.05, 0) is 102 Å². The van der Waals surface area contributed by atoms with E-state index in [4.69, 9.17) is 9.47 Å². The van der Waals surface area contributed by atoms with E-state index in [1.165, 1.54) is 44.1 Å². The van der Waals surface area contributed by atoms with Gasteiger partial charge in [0.15, 0.2) is 0 Å². The number of halogens is 6. The van der Waals surface area contributed by atoms with Crippen molar-refractivity contribution in [2.24, 2.45) is 0 Å². The van der Waals surface area contributed by atoms with Crippen LogP contribution in [-0.4, -0.2) is 17.0 Å². The van der Waals surface area contributed by atoms with Crippen molar-refractivity contribution in [1.82, 2.24) is 0 Å². The molecule has 0 saturated heterocycles. The third-order valence-electron chi connectivity index (χ3n) is 4.88. The topological polar surface area (TPSA) is 18.5 Å². The van der Waals surface area contributed by atoms with Gasteiger partial charge in [-0.2, -0.15) is 0 Å². The van der Waals surface area contributed by atoms with Crippen molar-refractivity contribution in [3.8, 4) is 11.5 Å². The van der Waals surface area contributed by atoms with Crippen LogP contribution in [0.15, 0.2) is 42.2 Å². The van der Waals surface area contributed by atoms with E-state index in [1.807, 2.05) is 13.0 Å². The zero-order valence-corrected chi connectivity index (χ0v) is 26.9. The highest BCUT2D eigenvalue weighted by Crippen LogP contribution is 2.45. The molecular weight excluding hydrogens is 788 g/mol. The molecular formula is C23H26Br6O2. The molecule has 0 bridgehead atoms. The average Bonchev–Trinajstić information content (AvgIpc) is 2.75. The Morgan fingerprint density at radius 3 is 2.10 bits per heavy atom. The van der Waals surface area contributed by atoms with Crippen molar-refractivity contribution in [2.45, 2.75) is 55.6 Å². The Hall–Kier alpha value is 0.920. The third-order valence-corrected chi connectivity index (χ3v) is 10.7. The van der Waals surface area contributed by atoms with Crippen LogP contribution in [0.1, 0.15) is 49.7 Å². The van der Waals surface area contributed by atoms with Crippen molar-refractivity contribution in [3.05, 3.63) is 53.3 Å². The van der Waals surface area contributed by atoms with Crippen LogP contribution in [0.4, 0.5) is 0 Å². The fraction of sp³-hybridized carbons (Fsp3) is 0.478. The van der Waals surface area contributed by atoms with Gasteiger partial charge in [0.05, 0.1) is 12.7 Å². The van der Waals surface area contributed by atoms with Crippen molar-refractivity contribution in [2.75, 3.05) is 13.2 Å². The first-order valence-corrected chi connectivity index (χ1v) is 15.3. The molecule has 0 aromatic heterocycles. The second kappa shape index (κ2) is 15.0. The second-order valence-corrected chi connectivity index (χ2v) is 13.8. The zero-order chi connectivity index (χ0) is 22.8. The normalized spacial score (nSPS) is 11.2. The lowest BCUT2D eigenvalue weighted by Gasteiger charge is -2.16. The minimum Gasteiger partial charge on any atom is -0.490 e. The first-order valence-electron chi connectivity index (χ1n) is 10.3. The summed E-state index contributed by atoms with van der Waals surface area (Å²) in [6.07, 6.45) is 8.53. The lowest BCUT2D eigenvalue weighted by Crippen LogP contribution is -2.11. The van der Waals surface area contributed by atoms with E-state index < -0.39 is 0 Å². The van der Waals surface area contributed by atoms with E-state index in [2.05, 4.69) is 114 Å². The van der Waals surface area contributed by atoms with Crippen LogP contribution in [0.3, 0.4) is 0 Å². The summed E-state index contributed by atoms with van der Waals surface area (Å²) in [5, 5.41) is 0. The average molecular weight is 814 g/mol. The van der Waals surface area contributed by atoms with Crippen molar-refractivity contribution >= 4 is 95.6 Å². The van der Waals surface area contributed by atoms with E-state index in [-0.39, 0.29) is 0 Å². The molecule has 0 heterocycles. The van der Waals surface area contributed by atoms with E-state index in [0.717, 1.165) is 41.4 Å². The molecule has 0 spiro atoms. The van der Waals surface area contributed by atoms with Crippen LogP contribution in [0.25, 0.3) is 0 Å². The molecule has 0 atom stereocenters. The summed E-state index contributed by atoms with van der Waals surface area (Å²) in [5.74, 6) is 1.77. The lowest BCUT2D eigenvalue weighted by molar-refractivity contribution is 0.214. The van der Waals surface area contributed by atoms with E-state index in [9.17, 15) is 0 Å². The van der Waals surface area contributed by atoms with Gasteiger partial charge in [-0.3, -0.25) is 0 Å². The summed E-state index contributed by atoms with van der Waals surface area (Å²) in [5.41, 5.74) is 2.31. The number of hydrogen-bond donors (Lipinski definition) is 0. The van der Waals surface area contributed by atoms with Gasteiger partial charge >= 0.3 is 0 Å². The Kier molecular flexibility index (Phi) is 13.6. The number of benzene rings is 2. The number of alkyl halides is 2. The summed E-state index contributed by atoms with van der Waals surface area (Å²) < 4.78 is 16.3. The molecule has 0 amide bonds. The van der Waals surface area contributed by atoms with Gasteiger partial charge in [0.1, 0.15) is 24.7 Å². The number of ether oxygens (including phenoxy) is 2. The van der Waals surface area contributed by atoms with Crippen LogP contribution < -0.4 is 9.47 Å². The molecule has 0 aliphatic heterocycles. The number of rotatable bonds is 13. The maximum absolute atomic E-state index is 6.06. The largest absolute Gasteiger partial charge is 0.490 e. The van der Waals surface area contributed by atoms with Crippen LogP contribution in [0.2, 0.25) is 0 Å². The highest BCUT2D eigenvalue weighted by Gasteiger charge is 2.17. The van der Waals surface area contributed by atoms with E-state index in [0.29, 0.717) is 17.0 Å². The van der Waals surface area contributed by atoms with Crippen LogP contribution in [0, 0.1) is 6.92 Å². The van der Waals surface area contributed by atoms with Crippen molar-refractivity contribution < 1.29 is 9.47 Å². The van der Waals surface area contributed by atoms with Gasteiger partial charge in [0, 0.05) is 14.5 Å². The second-order valence-electron chi connectivity index (χ2n) is 7.21. The highest BCUT2D eigenvalue weighted by molar-refractivity contribution is 9.24. The SMILES string of the molecule is Cc1c(Br)c(Br)c(Br)c(Br)c1OCCOc1ccccc1CCCCCCCC(Br)Br. The monoisotopic (exact) mass is 808 g/mol. The lowest BCUT2D eigenvalue weighted by atomic mass is 10.0. The Morgan fingerprint density at radius 1 is 0.742 bits per heavy atom. The zero-order valence-electron chi connectivity index (χ0n) is 17.3. The molecule has 2 rings (SSSR count). The van der Waals surface area contributed by atoms with Gasteiger partial charge in [-0.25, -0.2) is 0 Å². The molecule has 2 aromatic rings. The summed E-state index contributed by atoms with van der Waals surface area (Å²) >= 11 is 21.4. The van der Waals surface area contributed by atoms with Crippen LogP contribution >= 0.6 is 95.6 Å². The molecule has 172 valence electrons. The first kappa shape index (κ1) is 28.2. The minimum absolute atomic E-state index is 0.449. The Labute approximate surface area is 236 Å². The summed E-state index contributed by atoms with van der Waals surface area (Å²) in [6, 6.07) is 8.33. The molecule has 0 aliphatic carbocycles. The predicted molar refractivity (Wildman–Crippen MR) is 152 cm³/mol. The number of para-hydroxylation sites is 1. The molecule has 0 radical (unpaired) electrons. The van der Waals surface area contributed by atoms with Crippen LogP contribution in [-0.2, 0) is 6.42 Å². The molecule has 2 nitrogen and oxygen atoms in total. The fourth-order valence-electron chi connectivity index (χ4n) is 3.18. The fourth-order valence-corrected chi connectivity index (χ4v) is 6.23. The number of aryl methyl sites for hydroxylation is 1. The molecule has 0 saturated carbocycles. The quantitative estimate of drug-likeness (QED) is 0.0868. The number of unbranched alkanes of at least 4 members (excludes halogenated alkanes) is 4. The first-order chi connectivity index (χ1) is 14.8. The van der Waals surface area contributed by atoms with Gasteiger partial charge in [0.25, 0.3) is 0 Å². The van der Waals surface area contributed by atoms with Gasteiger partial charge < -0.3 is 9.47 Å². The van der Waals surface area contributed by atoms with Crippen molar-refractivity contribution in [3.63, 3.8) is 0 Å². The van der Waals surface area contributed by atoms with Gasteiger partial charge in [0.2, 0.25) is 0 Å². The minimum atomic E-state index is 0.449. The smallest absolute Gasteiger partial charge is 0.138 e.